The smallest absolute Gasteiger partial charge is 0.131 e. The molecule has 1 unspecified atom stereocenters. The highest BCUT2D eigenvalue weighted by Gasteiger charge is 2.44. The third-order valence-corrected chi connectivity index (χ3v) is 5.93. The highest BCUT2D eigenvalue weighted by atomic mass is 16.5. The van der Waals surface area contributed by atoms with Gasteiger partial charge in [-0.25, -0.2) is 0 Å². The molecule has 0 amide bonds. The number of phenols is 1. The Balaban J connectivity index is 1.50. The van der Waals surface area contributed by atoms with Gasteiger partial charge in [0.05, 0.1) is 6.61 Å². The number of phenolic OH excluding ortho intramolecular Hbond substituents is 1. The van der Waals surface area contributed by atoms with Crippen LogP contribution in [0.15, 0.2) is 54.6 Å². The minimum absolute atomic E-state index is 0.0800. The van der Waals surface area contributed by atoms with E-state index in [9.17, 15) is 25.5 Å². The van der Waals surface area contributed by atoms with E-state index in [1.807, 2.05) is 50.2 Å². The van der Waals surface area contributed by atoms with Crippen molar-refractivity contribution in [3.8, 4) is 17.2 Å². The van der Waals surface area contributed by atoms with Crippen molar-refractivity contribution in [2.24, 2.45) is 0 Å². The lowest BCUT2D eigenvalue weighted by Crippen LogP contribution is -2.55. The number of nitrogens with zero attached hydrogens (tertiary/aromatic N) is 1. The van der Waals surface area contributed by atoms with E-state index in [0.29, 0.717) is 29.0 Å². The molecular formula is C26H29NO7. The maximum Gasteiger partial charge on any atom is 0.131 e. The van der Waals surface area contributed by atoms with Crippen LogP contribution >= 0.6 is 0 Å². The predicted octanol–water partition coefficient (Wildman–Crippen LogP) is 2.30. The highest BCUT2D eigenvalue weighted by molar-refractivity contribution is 5.42. The second kappa shape index (κ2) is 10.1. The fraction of sp³-hybridized carbons (Fsp3) is 0.346. The molecule has 2 heterocycles. The Bertz CT molecular complexity index is 1110. The Labute approximate surface area is 197 Å². The van der Waals surface area contributed by atoms with Crippen LogP contribution in [0.2, 0.25) is 0 Å². The van der Waals surface area contributed by atoms with Crippen molar-refractivity contribution in [1.82, 2.24) is 4.98 Å². The monoisotopic (exact) mass is 467 g/mol. The lowest BCUT2D eigenvalue weighted by Gasteiger charge is -2.40. The van der Waals surface area contributed by atoms with Gasteiger partial charge >= 0.3 is 0 Å². The summed E-state index contributed by atoms with van der Waals surface area (Å²) in [5, 5.41) is 50.3. The van der Waals surface area contributed by atoms with Crippen molar-refractivity contribution in [3.05, 3.63) is 82.7 Å². The van der Waals surface area contributed by atoms with Crippen LogP contribution in [0.1, 0.15) is 34.2 Å². The molecule has 1 saturated heterocycles. The zero-order chi connectivity index (χ0) is 24.4. The normalized spacial score (nSPS) is 24.7. The number of hydrogen-bond donors (Lipinski definition) is 5. The highest BCUT2D eigenvalue weighted by Crippen LogP contribution is 2.35. The van der Waals surface area contributed by atoms with Crippen molar-refractivity contribution in [2.75, 3.05) is 6.61 Å². The number of aliphatic hydroxyl groups excluding tert-OH is 4. The van der Waals surface area contributed by atoms with Gasteiger partial charge in [-0.3, -0.25) is 4.98 Å². The molecule has 1 aromatic heterocycles. The van der Waals surface area contributed by atoms with E-state index in [0.717, 1.165) is 17.0 Å². The third kappa shape index (κ3) is 5.22. The molecule has 1 aliphatic rings. The van der Waals surface area contributed by atoms with Gasteiger partial charge in [0.1, 0.15) is 47.8 Å². The largest absolute Gasteiger partial charge is 0.508 e. The fourth-order valence-corrected chi connectivity index (χ4v) is 4.19. The summed E-state index contributed by atoms with van der Waals surface area (Å²) in [7, 11) is 0. The summed E-state index contributed by atoms with van der Waals surface area (Å²) >= 11 is 0. The van der Waals surface area contributed by atoms with E-state index in [1.165, 1.54) is 6.07 Å². The van der Waals surface area contributed by atoms with Gasteiger partial charge in [0.25, 0.3) is 0 Å². The molecule has 3 aromatic rings. The minimum Gasteiger partial charge on any atom is -0.508 e. The average Bonchev–Trinajstić information content (AvgIpc) is 2.80. The van der Waals surface area contributed by atoms with Crippen molar-refractivity contribution in [2.45, 2.75) is 50.8 Å². The van der Waals surface area contributed by atoms with Crippen LogP contribution in [0.25, 0.3) is 0 Å². The van der Waals surface area contributed by atoms with E-state index in [-0.39, 0.29) is 5.75 Å². The molecule has 1 fully saturated rings. The lowest BCUT2D eigenvalue weighted by molar-refractivity contribution is -0.231. The Morgan fingerprint density at radius 2 is 1.53 bits per heavy atom. The average molecular weight is 468 g/mol. The summed E-state index contributed by atoms with van der Waals surface area (Å²) in [6.07, 6.45) is -5.82. The first-order valence-electron chi connectivity index (χ1n) is 11.1. The molecule has 0 radical (unpaired) electrons. The molecule has 5 atom stereocenters. The van der Waals surface area contributed by atoms with Gasteiger partial charge in [0.2, 0.25) is 0 Å². The molecule has 0 spiro atoms. The fourth-order valence-electron chi connectivity index (χ4n) is 4.19. The molecule has 34 heavy (non-hydrogen) atoms. The van der Waals surface area contributed by atoms with Crippen LogP contribution in [0.4, 0.5) is 0 Å². The predicted molar refractivity (Wildman–Crippen MR) is 124 cm³/mol. The molecule has 2 aromatic carbocycles. The molecule has 8 heteroatoms. The second-order valence-corrected chi connectivity index (χ2v) is 8.65. The number of ether oxygens (including phenoxy) is 2. The molecule has 0 saturated carbocycles. The van der Waals surface area contributed by atoms with Gasteiger partial charge in [-0.05, 0) is 54.8 Å². The number of rotatable bonds is 6. The molecule has 0 aliphatic carbocycles. The van der Waals surface area contributed by atoms with E-state index < -0.39 is 37.1 Å². The summed E-state index contributed by atoms with van der Waals surface area (Å²) in [6, 6.07) is 16.0. The summed E-state index contributed by atoms with van der Waals surface area (Å²) < 4.78 is 11.6. The first-order valence-corrected chi connectivity index (χ1v) is 11.1. The van der Waals surface area contributed by atoms with Crippen molar-refractivity contribution >= 4 is 0 Å². The number of aromatic hydroxyl groups is 1. The molecule has 5 N–H and O–H groups in total. The van der Waals surface area contributed by atoms with Crippen LogP contribution in [0.5, 0.6) is 17.2 Å². The molecule has 1 aliphatic heterocycles. The van der Waals surface area contributed by atoms with E-state index in [4.69, 9.17) is 9.47 Å². The zero-order valence-electron chi connectivity index (χ0n) is 19.0. The maximum absolute atomic E-state index is 10.4. The summed E-state index contributed by atoms with van der Waals surface area (Å²) in [5.41, 5.74) is 3.80. The maximum atomic E-state index is 10.4. The molecule has 0 bridgehead atoms. The Morgan fingerprint density at radius 3 is 2.18 bits per heavy atom. The summed E-state index contributed by atoms with van der Waals surface area (Å²) in [5.74, 6) is 1.46. The molecule has 8 nitrogen and oxygen atoms in total. The number of hydrogen-bond acceptors (Lipinski definition) is 8. The topological polar surface area (TPSA) is 132 Å². The zero-order valence-corrected chi connectivity index (χ0v) is 19.0. The van der Waals surface area contributed by atoms with Gasteiger partial charge in [-0.15, -0.1) is 0 Å². The third-order valence-electron chi connectivity index (χ3n) is 5.93. The van der Waals surface area contributed by atoms with Gasteiger partial charge in [-0.1, -0.05) is 18.2 Å². The quantitative estimate of drug-likeness (QED) is 0.373. The van der Waals surface area contributed by atoms with E-state index >= 15 is 0 Å². The van der Waals surface area contributed by atoms with Crippen LogP contribution in [-0.4, -0.2) is 61.5 Å². The van der Waals surface area contributed by atoms with Crippen molar-refractivity contribution < 1.29 is 35.0 Å². The van der Waals surface area contributed by atoms with E-state index in [2.05, 4.69) is 4.98 Å². The minimum atomic E-state index is -1.46. The van der Waals surface area contributed by atoms with Crippen molar-refractivity contribution in [1.29, 1.82) is 0 Å². The summed E-state index contributed by atoms with van der Waals surface area (Å²) in [4.78, 5) is 4.34. The van der Waals surface area contributed by atoms with Gasteiger partial charge in [0, 0.05) is 29.9 Å². The van der Waals surface area contributed by atoms with Gasteiger partial charge < -0.3 is 35.0 Å². The number of pyridine rings is 1. The van der Waals surface area contributed by atoms with Gasteiger partial charge in [-0.2, -0.15) is 0 Å². The van der Waals surface area contributed by atoms with Crippen molar-refractivity contribution in [3.63, 3.8) is 0 Å². The second-order valence-electron chi connectivity index (χ2n) is 8.65. The molecule has 180 valence electrons. The SMILES string of the molecule is Cc1cc(Oc2ccc(Cc3cc([C@@H]4O[C@H](CO)[C@@H](O)C(O)[C@H]4O)ccc3O)cc2)cc(C)n1. The number of aryl methyl sites for hydroxylation is 2. The Hall–Kier alpha value is -3.01. The van der Waals surface area contributed by atoms with Crippen LogP contribution in [-0.2, 0) is 11.2 Å². The number of aliphatic hydroxyl groups is 4. The molecular weight excluding hydrogens is 438 g/mol. The first-order chi connectivity index (χ1) is 16.2. The lowest BCUT2D eigenvalue weighted by atomic mass is 9.90. The Kier molecular flexibility index (Phi) is 7.16. The summed E-state index contributed by atoms with van der Waals surface area (Å²) in [6.45, 7) is 3.32. The van der Waals surface area contributed by atoms with Crippen LogP contribution < -0.4 is 4.74 Å². The van der Waals surface area contributed by atoms with Gasteiger partial charge in [0.15, 0.2) is 0 Å². The standard InChI is InChI=1S/C26H29NO7/c1-14-9-20(10-15(2)27-14)33-19-6-3-16(4-7-19)11-18-12-17(5-8-21(18)29)26-25(32)24(31)23(30)22(13-28)34-26/h3-10,12,22-26,28-32H,11,13H2,1-2H3/t22-,23-,24?,25-,26+/m1/s1. The number of benzene rings is 2. The van der Waals surface area contributed by atoms with Crippen LogP contribution in [0.3, 0.4) is 0 Å². The first kappa shape index (κ1) is 24.1. The number of aromatic nitrogens is 1. The van der Waals surface area contributed by atoms with Crippen LogP contribution in [0, 0.1) is 13.8 Å². The molecule has 4 rings (SSSR count). The Morgan fingerprint density at radius 1 is 0.853 bits per heavy atom. The van der Waals surface area contributed by atoms with E-state index in [1.54, 1.807) is 12.1 Å².